The number of benzene rings is 1. The summed E-state index contributed by atoms with van der Waals surface area (Å²) in [7, 11) is 3.69. The highest BCUT2D eigenvalue weighted by Crippen LogP contribution is 2.33. The van der Waals surface area contributed by atoms with Crippen LogP contribution in [0.3, 0.4) is 0 Å². The average molecular weight is 270 g/mol. The Morgan fingerprint density at radius 1 is 1.10 bits per heavy atom. The van der Waals surface area contributed by atoms with Crippen molar-refractivity contribution in [3.8, 4) is 5.75 Å². The van der Waals surface area contributed by atoms with Crippen molar-refractivity contribution in [2.45, 2.75) is 26.8 Å². The largest absolute Gasteiger partial charge is 0.496 e. The molecule has 20 heavy (non-hydrogen) atoms. The fraction of sp³-hybridized carbons (Fsp3) is 0.353. The fourth-order valence-corrected chi connectivity index (χ4v) is 2.46. The molecule has 1 aromatic heterocycles. The quantitative estimate of drug-likeness (QED) is 0.925. The maximum Gasteiger partial charge on any atom is 0.127 e. The van der Waals surface area contributed by atoms with Crippen LogP contribution >= 0.6 is 0 Å². The van der Waals surface area contributed by atoms with E-state index in [2.05, 4.69) is 42.3 Å². The smallest absolute Gasteiger partial charge is 0.127 e. The molecule has 3 heteroatoms. The lowest BCUT2D eigenvalue weighted by Gasteiger charge is -2.22. The van der Waals surface area contributed by atoms with Crippen molar-refractivity contribution in [1.29, 1.82) is 0 Å². The van der Waals surface area contributed by atoms with Gasteiger partial charge in [-0.3, -0.25) is 4.98 Å². The minimum atomic E-state index is 0.0809. The molecule has 1 aromatic carbocycles. The highest BCUT2D eigenvalue weighted by Gasteiger charge is 2.18. The predicted octanol–water partition coefficient (Wildman–Crippen LogP) is 3.32. The third-order valence-electron chi connectivity index (χ3n) is 3.78. The van der Waals surface area contributed by atoms with Crippen LogP contribution in [0.4, 0.5) is 0 Å². The molecule has 2 rings (SSSR count). The van der Waals surface area contributed by atoms with Gasteiger partial charge in [-0.1, -0.05) is 18.2 Å². The molecule has 1 N–H and O–H groups in total. The predicted molar refractivity (Wildman–Crippen MR) is 82.3 cm³/mol. The summed E-state index contributed by atoms with van der Waals surface area (Å²) in [5.74, 6) is 0.949. The lowest BCUT2D eigenvalue weighted by atomic mass is 9.95. The van der Waals surface area contributed by atoms with Crippen LogP contribution in [0.5, 0.6) is 5.75 Å². The van der Waals surface area contributed by atoms with Gasteiger partial charge in [-0.15, -0.1) is 0 Å². The van der Waals surface area contributed by atoms with Crippen LogP contribution in [0.2, 0.25) is 0 Å². The van der Waals surface area contributed by atoms with Crippen molar-refractivity contribution in [1.82, 2.24) is 10.3 Å². The highest BCUT2D eigenvalue weighted by molar-refractivity contribution is 5.49. The molecule has 1 unspecified atom stereocenters. The number of ether oxygens (including phenoxy) is 1. The van der Waals surface area contributed by atoms with Crippen molar-refractivity contribution >= 4 is 0 Å². The van der Waals surface area contributed by atoms with Crippen LogP contribution in [0, 0.1) is 20.8 Å². The maximum atomic E-state index is 5.62. The Morgan fingerprint density at radius 3 is 2.40 bits per heavy atom. The molecule has 1 heterocycles. The maximum absolute atomic E-state index is 5.62. The Morgan fingerprint density at radius 2 is 1.85 bits per heavy atom. The van der Waals surface area contributed by atoms with Crippen molar-refractivity contribution in [2.24, 2.45) is 0 Å². The second-order valence-electron chi connectivity index (χ2n) is 5.08. The summed E-state index contributed by atoms with van der Waals surface area (Å²) < 4.78 is 5.62. The summed E-state index contributed by atoms with van der Waals surface area (Å²) in [5, 5.41) is 3.36. The Bertz CT molecular complexity index is 591. The number of pyridine rings is 1. The summed E-state index contributed by atoms with van der Waals surface area (Å²) in [6.07, 6.45) is 1.92. The zero-order valence-corrected chi connectivity index (χ0v) is 12.8. The molecule has 106 valence electrons. The molecule has 0 saturated heterocycles. The Hall–Kier alpha value is -1.87. The first kappa shape index (κ1) is 14.5. The van der Waals surface area contributed by atoms with E-state index >= 15 is 0 Å². The summed E-state index contributed by atoms with van der Waals surface area (Å²) in [5.41, 5.74) is 5.73. The van der Waals surface area contributed by atoms with E-state index in [4.69, 9.17) is 4.74 Å². The Balaban J connectivity index is 2.52. The standard InChI is InChI=1S/C17H22N2O/c1-11-6-9-15(17(20-5)13(11)3)16(18-4)14-8-7-12(2)19-10-14/h6-10,16,18H,1-5H3. The third-order valence-corrected chi connectivity index (χ3v) is 3.78. The van der Waals surface area contributed by atoms with E-state index in [-0.39, 0.29) is 6.04 Å². The molecule has 3 nitrogen and oxygen atoms in total. The molecular weight excluding hydrogens is 248 g/mol. The fourth-order valence-electron chi connectivity index (χ4n) is 2.46. The second kappa shape index (κ2) is 6.06. The highest BCUT2D eigenvalue weighted by atomic mass is 16.5. The summed E-state index contributed by atoms with van der Waals surface area (Å²) in [6.45, 7) is 6.19. The number of nitrogens with zero attached hydrogens (tertiary/aromatic N) is 1. The van der Waals surface area contributed by atoms with Crippen LogP contribution in [0.1, 0.15) is 34.0 Å². The zero-order valence-electron chi connectivity index (χ0n) is 12.8. The first-order valence-electron chi connectivity index (χ1n) is 6.82. The van der Waals surface area contributed by atoms with Gasteiger partial charge in [0.05, 0.1) is 13.2 Å². The lowest BCUT2D eigenvalue weighted by Crippen LogP contribution is -2.19. The van der Waals surface area contributed by atoms with Gasteiger partial charge in [-0.25, -0.2) is 0 Å². The number of aryl methyl sites for hydroxylation is 2. The van der Waals surface area contributed by atoms with E-state index in [9.17, 15) is 0 Å². The van der Waals surface area contributed by atoms with Gasteiger partial charge >= 0.3 is 0 Å². The monoisotopic (exact) mass is 270 g/mol. The number of nitrogens with one attached hydrogen (secondary N) is 1. The van der Waals surface area contributed by atoms with Crippen molar-refractivity contribution in [3.05, 3.63) is 58.4 Å². The van der Waals surface area contributed by atoms with Gasteiger partial charge in [0.2, 0.25) is 0 Å². The van der Waals surface area contributed by atoms with Crippen LogP contribution in [0.25, 0.3) is 0 Å². The van der Waals surface area contributed by atoms with Crippen LogP contribution in [-0.4, -0.2) is 19.1 Å². The van der Waals surface area contributed by atoms with Gasteiger partial charge in [0.15, 0.2) is 0 Å². The van der Waals surface area contributed by atoms with Crippen LogP contribution in [0.15, 0.2) is 30.5 Å². The SMILES string of the molecule is CNC(c1ccc(C)nc1)c1ccc(C)c(C)c1OC. The van der Waals surface area contributed by atoms with E-state index < -0.39 is 0 Å². The first-order chi connectivity index (χ1) is 9.58. The van der Waals surface area contributed by atoms with Crippen LogP contribution < -0.4 is 10.1 Å². The molecule has 0 radical (unpaired) electrons. The molecule has 0 fully saturated rings. The van der Waals surface area contributed by atoms with Gasteiger partial charge < -0.3 is 10.1 Å². The van der Waals surface area contributed by atoms with E-state index in [1.165, 1.54) is 11.1 Å². The van der Waals surface area contributed by atoms with E-state index in [0.717, 1.165) is 22.6 Å². The van der Waals surface area contributed by atoms with Gasteiger partial charge in [-0.05, 0) is 50.6 Å². The van der Waals surface area contributed by atoms with Gasteiger partial charge in [0.25, 0.3) is 0 Å². The number of methoxy groups -OCH3 is 1. The molecular formula is C17H22N2O. The minimum Gasteiger partial charge on any atom is -0.496 e. The van der Waals surface area contributed by atoms with Gasteiger partial charge in [0.1, 0.15) is 5.75 Å². The second-order valence-corrected chi connectivity index (χ2v) is 5.08. The van der Waals surface area contributed by atoms with Crippen molar-refractivity contribution in [3.63, 3.8) is 0 Å². The summed E-state index contributed by atoms with van der Waals surface area (Å²) in [6, 6.07) is 8.49. The average Bonchev–Trinajstić information content (AvgIpc) is 2.45. The molecule has 0 aliphatic heterocycles. The van der Waals surface area contributed by atoms with Crippen LogP contribution in [-0.2, 0) is 0 Å². The molecule has 0 amide bonds. The van der Waals surface area contributed by atoms with E-state index in [1.807, 2.05) is 26.2 Å². The molecule has 0 aliphatic rings. The minimum absolute atomic E-state index is 0.0809. The van der Waals surface area contributed by atoms with E-state index in [1.54, 1.807) is 7.11 Å². The number of aromatic nitrogens is 1. The van der Waals surface area contributed by atoms with Crippen molar-refractivity contribution < 1.29 is 4.74 Å². The number of hydrogen-bond acceptors (Lipinski definition) is 3. The normalized spacial score (nSPS) is 12.2. The summed E-state index contributed by atoms with van der Waals surface area (Å²) in [4.78, 5) is 4.39. The van der Waals surface area contributed by atoms with Crippen molar-refractivity contribution in [2.75, 3.05) is 14.2 Å². The topological polar surface area (TPSA) is 34.2 Å². The number of rotatable bonds is 4. The third kappa shape index (κ3) is 2.68. The van der Waals surface area contributed by atoms with Gasteiger partial charge in [0, 0.05) is 17.5 Å². The molecule has 2 aromatic rings. The Labute approximate surface area is 121 Å². The molecule has 0 spiro atoms. The van der Waals surface area contributed by atoms with E-state index in [0.29, 0.717) is 0 Å². The molecule has 1 atom stereocenters. The molecule has 0 bridgehead atoms. The molecule has 0 saturated carbocycles. The summed E-state index contributed by atoms with van der Waals surface area (Å²) >= 11 is 0. The molecule has 0 aliphatic carbocycles. The zero-order chi connectivity index (χ0) is 14.7. The number of hydrogen-bond donors (Lipinski definition) is 1. The van der Waals surface area contributed by atoms with Gasteiger partial charge in [-0.2, -0.15) is 0 Å². The lowest BCUT2D eigenvalue weighted by molar-refractivity contribution is 0.402. The Kier molecular flexibility index (Phi) is 4.40. The first-order valence-corrected chi connectivity index (χ1v) is 6.82.